The Morgan fingerprint density at radius 2 is 1.31 bits per heavy atom. The first-order chi connectivity index (χ1) is 7.11. The number of carboxylic acid groups (broad SMARTS) is 2. The number of hydrogen-bond donors (Lipinski definition) is 3. The Kier molecular flexibility index (Phi) is 8.29. The summed E-state index contributed by atoms with van der Waals surface area (Å²) in [5.74, 6) is -3.83. The van der Waals surface area contributed by atoms with Crippen LogP contribution in [0.2, 0.25) is 0 Å². The van der Waals surface area contributed by atoms with Crippen LogP contribution in [-0.4, -0.2) is 39.1 Å². The van der Waals surface area contributed by atoms with Crippen molar-refractivity contribution in [3.8, 4) is 0 Å². The molecule has 0 aliphatic heterocycles. The van der Waals surface area contributed by atoms with Gasteiger partial charge in [-0.05, 0) is 5.92 Å². The summed E-state index contributed by atoms with van der Waals surface area (Å²) in [6.07, 6.45) is -1.21. The number of ketones is 1. The lowest BCUT2D eigenvalue weighted by molar-refractivity contribution is -0.150. The van der Waals surface area contributed by atoms with Crippen molar-refractivity contribution < 1.29 is 29.7 Å². The molecule has 16 heavy (non-hydrogen) atoms. The first-order valence-electron chi connectivity index (χ1n) is 4.79. The lowest BCUT2D eigenvalue weighted by Gasteiger charge is -2.06. The van der Waals surface area contributed by atoms with Gasteiger partial charge in [-0.1, -0.05) is 27.7 Å². The summed E-state index contributed by atoms with van der Waals surface area (Å²) in [4.78, 5) is 29.9. The van der Waals surface area contributed by atoms with Crippen molar-refractivity contribution in [3.63, 3.8) is 0 Å². The van der Waals surface area contributed by atoms with Gasteiger partial charge < -0.3 is 15.3 Å². The zero-order valence-corrected chi connectivity index (χ0v) is 9.80. The van der Waals surface area contributed by atoms with E-state index in [1.54, 1.807) is 27.7 Å². The van der Waals surface area contributed by atoms with Crippen LogP contribution < -0.4 is 0 Å². The fourth-order valence-electron chi connectivity index (χ4n) is 0.532. The summed E-state index contributed by atoms with van der Waals surface area (Å²) in [5.41, 5.74) is 0. The molecule has 0 rings (SSSR count). The predicted octanol–water partition coefficient (Wildman–Crippen LogP) is 0.384. The number of aliphatic carboxylic acids is 2. The summed E-state index contributed by atoms with van der Waals surface area (Å²) < 4.78 is 0. The lowest BCUT2D eigenvalue weighted by Crippen LogP contribution is -2.25. The fourth-order valence-corrected chi connectivity index (χ4v) is 0.532. The first kappa shape index (κ1) is 17.0. The topological polar surface area (TPSA) is 112 Å². The minimum Gasteiger partial charge on any atom is -0.479 e. The monoisotopic (exact) mass is 234 g/mol. The Labute approximate surface area is 93.9 Å². The van der Waals surface area contributed by atoms with Gasteiger partial charge in [0, 0.05) is 5.92 Å². The third-order valence-corrected chi connectivity index (χ3v) is 1.62. The van der Waals surface area contributed by atoms with Crippen LogP contribution in [0.15, 0.2) is 0 Å². The molecular formula is C10H18O6. The normalized spacial score (nSPS) is 11.7. The Morgan fingerprint density at radius 1 is 0.938 bits per heavy atom. The van der Waals surface area contributed by atoms with Crippen molar-refractivity contribution >= 4 is 17.7 Å². The molecule has 0 aromatic heterocycles. The highest BCUT2D eigenvalue weighted by molar-refractivity contribution is 6.33. The summed E-state index contributed by atoms with van der Waals surface area (Å²) in [5, 5.41) is 24.7. The highest BCUT2D eigenvalue weighted by atomic mass is 16.4. The lowest BCUT2D eigenvalue weighted by atomic mass is 10.1. The maximum Gasteiger partial charge on any atom is 0.372 e. The standard InChI is InChI=1S/C5H10O3.C5H8O3/c2*1-3(2)4(6)5(7)8/h3-4,6H,1-2H3,(H,7,8);3H,1-2H3,(H,7,8). The second kappa shape index (κ2) is 7.81. The van der Waals surface area contributed by atoms with Crippen molar-refractivity contribution in [2.24, 2.45) is 11.8 Å². The molecule has 1 unspecified atom stereocenters. The van der Waals surface area contributed by atoms with Crippen LogP contribution in [0.3, 0.4) is 0 Å². The van der Waals surface area contributed by atoms with Crippen LogP contribution in [-0.2, 0) is 14.4 Å². The van der Waals surface area contributed by atoms with Gasteiger partial charge in [0.05, 0.1) is 0 Å². The first-order valence-corrected chi connectivity index (χ1v) is 4.79. The molecule has 1 atom stereocenters. The maximum absolute atomic E-state index is 10.2. The average molecular weight is 234 g/mol. The van der Waals surface area contributed by atoms with E-state index in [0.29, 0.717) is 0 Å². The molecule has 0 heterocycles. The molecule has 0 bridgehead atoms. The van der Waals surface area contributed by atoms with Crippen LogP contribution in [0.4, 0.5) is 0 Å². The van der Waals surface area contributed by atoms with E-state index in [-0.39, 0.29) is 5.92 Å². The largest absolute Gasteiger partial charge is 0.479 e. The highest BCUT2D eigenvalue weighted by Crippen LogP contribution is 1.99. The van der Waals surface area contributed by atoms with Gasteiger partial charge in [-0.15, -0.1) is 0 Å². The van der Waals surface area contributed by atoms with Crippen LogP contribution >= 0.6 is 0 Å². The van der Waals surface area contributed by atoms with Crippen LogP contribution in [0, 0.1) is 11.8 Å². The third kappa shape index (κ3) is 7.93. The van der Waals surface area contributed by atoms with Crippen molar-refractivity contribution in [3.05, 3.63) is 0 Å². The van der Waals surface area contributed by atoms with E-state index >= 15 is 0 Å². The predicted molar refractivity (Wildman–Crippen MR) is 56.0 cm³/mol. The van der Waals surface area contributed by atoms with Gasteiger partial charge in [0.2, 0.25) is 5.78 Å². The number of aliphatic hydroxyl groups is 1. The summed E-state index contributed by atoms with van der Waals surface area (Å²) >= 11 is 0. The SMILES string of the molecule is CC(C)C(=O)C(=O)O.CC(C)C(O)C(=O)O. The number of carboxylic acids is 2. The zero-order chi connectivity index (χ0) is 13.5. The molecule has 6 nitrogen and oxygen atoms in total. The Bertz CT molecular complexity index is 256. The van der Waals surface area contributed by atoms with Gasteiger partial charge in [-0.3, -0.25) is 4.79 Å². The highest BCUT2D eigenvalue weighted by Gasteiger charge is 2.16. The van der Waals surface area contributed by atoms with E-state index in [4.69, 9.17) is 15.3 Å². The van der Waals surface area contributed by atoms with E-state index in [9.17, 15) is 14.4 Å². The third-order valence-electron chi connectivity index (χ3n) is 1.62. The second-order valence-corrected chi connectivity index (χ2v) is 3.85. The zero-order valence-electron chi connectivity index (χ0n) is 9.80. The van der Waals surface area contributed by atoms with Gasteiger partial charge in [0.15, 0.2) is 6.10 Å². The minimum absolute atomic E-state index is 0.201. The molecule has 0 saturated carbocycles. The number of hydrogen-bond acceptors (Lipinski definition) is 4. The molecule has 0 spiro atoms. The molecule has 0 aromatic rings. The number of Topliss-reactive ketones (excluding diaryl/α,β-unsaturated/α-hetero) is 1. The Hall–Kier alpha value is -1.43. The summed E-state index contributed by atoms with van der Waals surface area (Å²) in [6, 6.07) is 0. The quantitative estimate of drug-likeness (QED) is 0.606. The summed E-state index contributed by atoms with van der Waals surface area (Å²) in [6.45, 7) is 6.41. The van der Waals surface area contributed by atoms with Gasteiger partial charge in [-0.25, -0.2) is 9.59 Å². The smallest absolute Gasteiger partial charge is 0.372 e. The molecule has 3 N–H and O–H groups in total. The van der Waals surface area contributed by atoms with Gasteiger partial charge in [0.1, 0.15) is 0 Å². The van der Waals surface area contributed by atoms with Gasteiger partial charge in [-0.2, -0.15) is 0 Å². The van der Waals surface area contributed by atoms with Crippen LogP contribution in [0.1, 0.15) is 27.7 Å². The van der Waals surface area contributed by atoms with Gasteiger partial charge >= 0.3 is 11.9 Å². The molecule has 0 aliphatic carbocycles. The Morgan fingerprint density at radius 3 is 1.31 bits per heavy atom. The van der Waals surface area contributed by atoms with E-state index in [0.717, 1.165) is 0 Å². The fraction of sp³-hybridized carbons (Fsp3) is 0.700. The van der Waals surface area contributed by atoms with E-state index in [1.807, 2.05) is 0 Å². The minimum atomic E-state index is -1.35. The molecule has 0 aliphatic rings. The van der Waals surface area contributed by atoms with Crippen molar-refractivity contribution in [2.45, 2.75) is 33.8 Å². The number of carbonyl (C=O) groups excluding carboxylic acids is 1. The molecule has 6 heteroatoms. The van der Waals surface area contributed by atoms with Crippen molar-refractivity contribution in [1.82, 2.24) is 0 Å². The van der Waals surface area contributed by atoms with Crippen LogP contribution in [0.25, 0.3) is 0 Å². The number of rotatable bonds is 4. The molecule has 0 fully saturated rings. The molecule has 94 valence electrons. The maximum atomic E-state index is 10.2. The number of carbonyl (C=O) groups is 3. The second-order valence-electron chi connectivity index (χ2n) is 3.85. The molecule has 0 radical (unpaired) electrons. The molecule has 0 amide bonds. The molecule has 0 saturated heterocycles. The number of aliphatic hydroxyl groups excluding tert-OH is 1. The Balaban J connectivity index is 0. The molecule has 0 aromatic carbocycles. The molecular weight excluding hydrogens is 216 g/mol. The van der Waals surface area contributed by atoms with Crippen molar-refractivity contribution in [1.29, 1.82) is 0 Å². The van der Waals surface area contributed by atoms with Crippen molar-refractivity contribution in [2.75, 3.05) is 0 Å². The van der Waals surface area contributed by atoms with E-state index < -0.39 is 29.7 Å². The van der Waals surface area contributed by atoms with Gasteiger partial charge in [0.25, 0.3) is 0 Å². The summed E-state index contributed by atoms with van der Waals surface area (Å²) in [7, 11) is 0. The van der Waals surface area contributed by atoms with E-state index in [1.165, 1.54) is 0 Å². The van der Waals surface area contributed by atoms with E-state index in [2.05, 4.69) is 0 Å². The van der Waals surface area contributed by atoms with Crippen LogP contribution in [0.5, 0.6) is 0 Å². The average Bonchev–Trinajstić information content (AvgIpc) is 2.15.